The van der Waals surface area contributed by atoms with Crippen molar-refractivity contribution in [2.45, 2.75) is 6.42 Å². The lowest BCUT2D eigenvalue weighted by molar-refractivity contribution is -0.109. The number of carbonyl (C=O) groups is 2. The number of nitrogens with one attached hydrogen (secondary N) is 1. The van der Waals surface area contributed by atoms with Crippen molar-refractivity contribution < 1.29 is 9.59 Å². The maximum absolute atomic E-state index is 10.6. The summed E-state index contributed by atoms with van der Waals surface area (Å²) in [5.74, 6) is 0. The van der Waals surface area contributed by atoms with E-state index in [1.807, 2.05) is 7.05 Å². The lowest BCUT2D eigenvalue weighted by Crippen LogP contribution is -2.46. The van der Waals surface area contributed by atoms with E-state index in [0.29, 0.717) is 13.0 Å². The van der Waals surface area contributed by atoms with Gasteiger partial charge in [-0.25, -0.2) is 0 Å². The van der Waals surface area contributed by atoms with Crippen LogP contribution < -0.4 is 15.1 Å². The van der Waals surface area contributed by atoms with Crippen molar-refractivity contribution in [1.29, 1.82) is 0 Å². The molecule has 24 heavy (non-hydrogen) atoms. The van der Waals surface area contributed by atoms with E-state index in [2.05, 4.69) is 50.9 Å². The van der Waals surface area contributed by atoms with Crippen LogP contribution in [0.15, 0.2) is 36.5 Å². The van der Waals surface area contributed by atoms with E-state index >= 15 is 0 Å². The molecule has 6 heteroatoms. The predicted octanol–water partition coefficient (Wildman–Crippen LogP) is 1.09. The van der Waals surface area contributed by atoms with Crippen molar-refractivity contribution in [3.63, 3.8) is 0 Å². The minimum absolute atomic E-state index is 0.530. The Morgan fingerprint density at radius 2 is 1.88 bits per heavy atom. The Balaban J connectivity index is 1.85. The highest BCUT2D eigenvalue weighted by Crippen LogP contribution is 2.21. The minimum Gasteiger partial charge on any atom is -0.374 e. The number of amides is 1. The minimum atomic E-state index is 0.530. The highest BCUT2D eigenvalue weighted by molar-refractivity contribution is 5.57. The van der Waals surface area contributed by atoms with Crippen LogP contribution in [-0.4, -0.2) is 63.9 Å². The average Bonchev–Trinajstić information content (AvgIpc) is 2.61. The zero-order chi connectivity index (χ0) is 17.4. The molecule has 1 N–H and O–H groups in total. The molecule has 0 bridgehead atoms. The molecule has 0 spiro atoms. The Hall–Kier alpha value is -2.34. The number of aldehydes is 1. The fourth-order valence-electron chi connectivity index (χ4n) is 2.80. The molecule has 0 radical (unpaired) electrons. The first-order valence-electron chi connectivity index (χ1n) is 8.24. The number of hydrogen-bond donors (Lipinski definition) is 1. The van der Waals surface area contributed by atoms with Gasteiger partial charge in [-0.1, -0.05) is 6.58 Å². The van der Waals surface area contributed by atoms with Crippen molar-refractivity contribution in [2.75, 3.05) is 56.1 Å². The summed E-state index contributed by atoms with van der Waals surface area (Å²) in [6, 6.07) is 8.51. The van der Waals surface area contributed by atoms with Crippen LogP contribution in [0.25, 0.3) is 0 Å². The van der Waals surface area contributed by atoms with Gasteiger partial charge in [0.25, 0.3) is 0 Å². The van der Waals surface area contributed by atoms with E-state index < -0.39 is 0 Å². The van der Waals surface area contributed by atoms with E-state index in [1.54, 1.807) is 0 Å². The molecule has 0 saturated carbocycles. The number of anilines is 2. The van der Waals surface area contributed by atoms with Gasteiger partial charge in [0.2, 0.25) is 6.41 Å². The first kappa shape index (κ1) is 18.0. The van der Waals surface area contributed by atoms with Crippen molar-refractivity contribution in [3.8, 4) is 0 Å². The van der Waals surface area contributed by atoms with E-state index in [9.17, 15) is 9.59 Å². The zero-order valence-electron chi connectivity index (χ0n) is 14.3. The topological polar surface area (TPSA) is 55.9 Å². The summed E-state index contributed by atoms with van der Waals surface area (Å²) in [5.41, 5.74) is 3.07. The van der Waals surface area contributed by atoms with E-state index in [1.165, 1.54) is 5.69 Å². The standard InChI is InChI=1S/C18H26N4O2/c1-16(19-15-24)7-8-20(2)17-3-5-18(6-4-17)22-11-9-21(10-12-22)13-14-23/h3-6,14-15H,1,7-13H2,2H3,(H,19,24). The molecule has 1 fully saturated rings. The molecule has 1 amide bonds. The largest absolute Gasteiger partial charge is 0.374 e. The molecule has 2 rings (SSSR count). The van der Waals surface area contributed by atoms with Gasteiger partial charge in [-0.15, -0.1) is 0 Å². The van der Waals surface area contributed by atoms with Crippen LogP contribution in [0.4, 0.5) is 11.4 Å². The number of nitrogens with zero attached hydrogens (tertiary/aromatic N) is 3. The van der Waals surface area contributed by atoms with Crippen LogP contribution in [0.2, 0.25) is 0 Å². The molecule has 0 atom stereocenters. The molecule has 1 aromatic rings. The fraction of sp³-hybridized carbons (Fsp3) is 0.444. The number of hydrogen-bond acceptors (Lipinski definition) is 5. The van der Waals surface area contributed by atoms with Gasteiger partial charge < -0.3 is 19.9 Å². The van der Waals surface area contributed by atoms with Crippen molar-refractivity contribution in [1.82, 2.24) is 10.2 Å². The van der Waals surface area contributed by atoms with Gasteiger partial charge in [0.05, 0.1) is 6.54 Å². The second-order valence-corrected chi connectivity index (χ2v) is 6.01. The van der Waals surface area contributed by atoms with Gasteiger partial charge in [-0.2, -0.15) is 0 Å². The van der Waals surface area contributed by atoms with Crippen LogP contribution >= 0.6 is 0 Å². The Morgan fingerprint density at radius 1 is 1.21 bits per heavy atom. The molecular formula is C18H26N4O2. The van der Waals surface area contributed by atoms with Gasteiger partial charge in [0, 0.05) is 63.3 Å². The molecule has 6 nitrogen and oxygen atoms in total. The van der Waals surface area contributed by atoms with Crippen LogP contribution in [-0.2, 0) is 9.59 Å². The molecular weight excluding hydrogens is 304 g/mol. The van der Waals surface area contributed by atoms with E-state index in [-0.39, 0.29) is 0 Å². The average molecular weight is 330 g/mol. The van der Waals surface area contributed by atoms with Crippen molar-refractivity contribution in [2.24, 2.45) is 0 Å². The molecule has 1 saturated heterocycles. The number of benzene rings is 1. The summed E-state index contributed by atoms with van der Waals surface area (Å²) in [7, 11) is 2.03. The van der Waals surface area contributed by atoms with Crippen LogP contribution in [0.5, 0.6) is 0 Å². The fourth-order valence-corrected chi connectivity index (χ4v) is 2.80. The second-order valence-electron chi connectivity index (χ2n) is 6.01. The van der Waals surface area contributed by atoms with E-state index in [0.717, 1.165) is 56.8 Å². The molecule has 1 aliphatic rings. The van der Waals surface area contributed by atoms with Gasteiger partial charge in [0.15, 0.2) is 0 Å². The molecule has 1 heterocycles. The third-order valence-electron chi connectivity index (χ3n) is 4.37. The van der Waals surface area contributed by atoms with Gasteiger partial charge in [-0.3, -0.25) is 9.69 Å². The van der Waals surface area contributed by atoms with Crippen molar-refractivity contribution in [3.05, 3.63) is 36.5 Å². The third kappa shape index (κ3) is 5.09. The maximum atomic E-state index is 10.6. The Bertz CT molecular complexity index is 551. The Labute approximate surface area is 143 Å². The second kappa shape index (κ2) is 9.08. The summed E-state index contributed by atoms with van der Waals surface area (Å²) in [6.45, 7) is 8.86. The van der Waals surface area contributed by atoms with Crippen LogP contribution in [0, 0.1) is 0 Å². The number of piperazine rings is 1. The van der Waals surface area contributed by atoms with Crippen LogP contribution in [0.1, 0.15) is 6.42 Å². The smallest absolute Gasteiger partial charge is 0.211 e. The molecule has 130 valence electrons. The lowest BCUT2D eigenvalue weighted by atomic mass is 10.2. The summed E-state index contributed by atoms with van der Waals surface area (Å²) in [5, 5.41) is 2.58. The van der Waals surface area contributed by atoms with Gasteiger partial charge in [-0.05, 0) is 24.3 Å². The molecule has 0 aliphatic carbocycles. The predicted molar refractivity (Wildman–Crippen MR) is 97.4 cm³/mol. The molecule has 1 aliphatic heterocycles. The summed E-state index contributed by atoms with van der Waals surface area (Å²) < 4.78 is 0. The highest BCUT2D eigenvalue weighted by Gasteiger charge is 2.16. The Kier molecular flexibility index (Phi) is 6.81. The van der Waals surface area contributed by atoms with Crippen LogP contribution in [0.3, 0.4) is 0 Å². The van der Waals surface area contributed by atoms with Gasteiger partial charge >= 0.3 is 0 Å². The summed E-state index contributed by atoms with van der Waals surface area (Å²) >= 11 is 0. The monoisotopic (exact) mass is 330 g/mol. The van der Waals surface area contributed by atoms with E-state index in [4.69, 9.17) is 0 Å². The van der Waals surface area contributed by atoms with Gasteiger partial charge in [0.1, 0.15) is 6.29 Å². The quantitative estimate of drug-likeness (QED) is 0.687. The normalized spacial score (nSPS) is 15.0. The summed E-state index contributed by atoms with van der Waals surface area (Å²) in [6.07, 6.45) is 2.35. The SMILES string of the molecule is C=C(CCN(C)c1ccc(N2CCN(CC=O)CC2)cc1)NC=O. The van der Waals surface area contributed by atoms with Crippen molar-refractivity contribution >= 4 is 24.1 Å². The summed E-state index contributed by atoms with van der Waals surface area (Å²) in [4.78, 5) is 27.6. The molecule has 0 aromatic heterocycles. The third-order valence-corrected chi connectivity index (χ3v) is 4.37. The Morgan fingerprint density at radius 3 is 2.46 bits per heavy atom. The molecule has 0 unspecified atom stereocenters. The first-order valence-corrected chi connectivity index (χ1v) is 8.24. The lowest BCUT2D eigenvalue weighted by Gasteiger charge is -2.35. The first-order chi connectivity index (χ1) is 11.6. The number of carbonyl (C=O) groups excluding carboxylic acids is 2. The maximum Gasteiger partial charge on any atom is 0.211 e. The number of rotatable bonds is 9. The molecule has 1 aromatic carbocycles. The highest BCUT2D eigenvalue weighted by atomic mass is 16.1. The zero-order valence-corrected chi connectivity index (χ0v) is 14.3.